The van der Waals surface area contributed by atoms with Gasteiger partial charge in [-0.25, -0.2) is 4.39 Å². The quantitative estimate of drug-likeness (QED) is 0.505. The van der Waals surface area contributed by atoms with Crippen LogP contribution in [0.15, 0.2) is 18.2 Å². The molecule has 0 fully saturated rings. The maximum atomic E-state index is 13.9. The van der Waals surface area contributed by atoms with Gasteiger partial charge in [0.25, 0.3) is 0 Å². The first-order chi connectivity index (χ1) is 11.0. The molecule has 1 aromatic rings. The van der Waals surface area contributed by atoms with E-state index in [1.54, 1.807) is 12.1 Å². The lowest BCUT2D eigenvalue weighted by molar-refractivity contribution is -0.122. The summed E-state index contributed by atoms with van der Waals surface area (Å²) in [6.45, 7) is 8.06. The van der Waals surface area contributed by atoms with Crippen LogP contribution >= 0.6 is 0 Å². The average Bonchev–Trinajstić information content (AvgIpc) is 2.51. The number of aryl methyl sites for hydroxylation is 1. The first-order valence-electron chi connectivity index (χ1n) is 8.48. The Hall–Kier alpha value is -1.71. The molecule has 23 heavy (non-hydrogen) atoms. The molecule has 4 heteroatoms. The molecule has 0 radical (unpaired) electrons. The molecular formula is C19H30FNO2. The maximum absolute atomic E-state index is 13.9. The van der Waals surface area contributed by atoms with Gasteiger partial charge in [-0.05, 0) is 30.9 Å². The highest BCUT2D eigenvalue weighted by atomic mass is 19.1. The van der Waals surface area contributed by atoms with E-state index in [-0.39, 0.29) is 23.2 Å². The minimum atomic E-state index is -0.363. The zero-order valence-corrected chi connectivity index (χ0v) is 14.8. The topological polar surface area (TPSA) is 46.2 Å². The number of amides is 1. The number of halogens is 1. The first-order valence-corrected chi connectivity index (χ1v) is 8.48. The molecule has 0 aromatic heterocycles. The van der Waals surface area contributed by atoms with Gasteiger partial charge in [0.1, 0.15) is 11.6 Å². The third kappa shape index (κ3) is 9.11. The van der Waals surface area contributed by atoms with Crippen molar-refractivity contribution in [2.24, 2.45) is 5.92 Å². The zero-order chi connectivity index (χ0) is 17.7. The second-order valence-corrected chi connectivity index (χ2v) is 5.93. The van der Waals surface area contributed by atoms with E-state index in [4.69, 9.17) is 0 Å². The SMILES string of the molecule is CC(C)C(=O)CCCCCc1cccc(NC=O)c1F.CCC. The predicted molar refractivity (Wildman–Crippen MR) is 94.1 cm³/mol. The van der Waals surface area contributed by atoms with Crippen LogP contribution in [0.5, 0.6) is 0 Å². The second-order valence-electron chi connectivity index (χ2n) is 5.93. The Balaban J connectivity index is 0.00000149. The summed E-state index contributed by atoms with van der Waals surface area (Å²) >= 11 is 0. The Kier molecular flexibility index (Phi) is 11.8. The van der Waals surface area contributed by atoms with E-state index in [2.05, 4.69) is 19.2 Å². The zero-order valence-electron chi connectivity index (χ0n) is 14.8. The second kappa shape index (κ2) is 12.8. The molecule has 1 amide bonds. The van der Waals surface area contributed by atoms with Crippen LogP contribution in [0.3, 0.4) is 0 Å². The minimum absolute atomic E-state index is 0.0959. The van der Waals surface area contributed by atoms with Gasteiger partial charge >= 0.3 is 0 Å². The molecule has 130 valence electrons. The molecule has 0 bridgehead atoms. The number of anilines is 1. The molecule has 0 heterocycles. The molecule has 0 aliphatic heterocycles. The van der Waals surface area contributed by atoms with Crippen LogP contribution in [-0.4, -0.2) is 12.2 Å². The molecule has 0 saturated carbocycles. The number of carbonyl (C=O) groups excluding carboxylic acids is 2. The average molecular weight is 323 g/mol. The van der Waals surface area contributed by atoms with Gasteiger partial charge in [0.2, 0.25) is 6.41 Å². The molecule has 0 spiro atoms. The van der Waals surface area contributed by atoms with E-state index in [0.29, 0.717) is 24.8 Å². The standard InChI is InChI=1S/C16H22FNO2.C3H8/c1-12(2)15(20)10-5-3-4-7-13-8-6-9-14(16(13)17)18-11-19;1-3-2/h6,8-9,11-12H,3-5,7,10H2,1-2H3,(H,18,19);3H2,1-2H3. The molecule has 1 rings (SSSR count). The molecule has 1 N–H and O–H groups in total. The normalized spacial score (nSPS) is 10.0. The summed E-state index contributed by atoms with van der Waals surface area (Å²) in [6, 6.07) is 4.99. The van der Waals surface area contributed by atoms with Crippen molar-refractivity contribution in [2.75, 3.05) is 5.32 Å². The summed E-state index contributed by atoms with van der Waals surface area (Å²) in [5.41, 5.74) is 0.819. The lowest BCUT2D eigenvalue weighted by Crippen LogP contribution is -2.06. The molecule has 0 atom stereocenters. The number of rotatable bonds is 9. The van der Waals surface area contributed by atoms with Crippen molar-refractivity contribution in [1.82, 2.24) is 0 Å². The highest BCUT2D eigenvalue weighted by molar-refractivity contribution is 5.80. The van der Waals surface area contributed by atoms with Gasteiger partial charge in [0.05, 0.1) is 5.69 Å². The summed E-state index contributed by atoms with van der Waals surface area (Å²) < 4.78 is 13.9. The third-order valence-corrected chi connectivity index (χ3v) is 3.31. The van der Waals surface area contributed by atoms with Crippen molar-refractivity contribution >= 4 is 17.9 Å². The molecule has 3 nitrogen and oxygen atoms in total. The van der Waals surface area contributed by atoms with Crippen molar-refractivity contribution in [3.63, 3.8) is 0 Å². The van der Waals surface area contributed by atoms with Crippen molar-refractivity contribution in [3.05, 3.63) is 29.6 Å². The van der Waals surface area contributed by atoms with E-state index in [1.165, 1.54) is 12.5 Å². The van der Waals surface area contributed by atoms with Crippen LogP contribution in [-0.2, 0) is 16.0 Å². The van der Waals surface area contributed by atoms with E-state index in [1.807, 2.05) is 13.8 Å². The van der Waals surface area contributed by atoms with Crippen molar-refractivity contribution in [1.29, 1.82) is 0 Å². The number of Topliss-reactive ketones (excluding diaryl/α,β-unsaturated/α-hetero) is 1. The molecule has 0 aliphatic carbocycles. The fraction of sp³-hybridized carbons (Fsp3) is 0.579. The summed E-state index contributed by atoms with van der Waals surface area (Å²) in [6.07, 6.45) is 5.55. The summed E-state index contributed by atoms with van der Waals surface area (Å²) in [5.74, 6) is 0.0183. The van der Waals surface area contributed by atoms with Gasteiger partial charge in [0.15, 0.2) is 0 Å². The van der Waals surface area contributed by atoms with Gasteiger partial charge in [-0.3, -0.25) is 9.59 Å². The Morgan fingerprint density at radius 2 is 1.87 bits per heavy atom. The van der Waals surface area contributed by atoms with Crippen molar-refractivity contribution in [2.45, 2.75) is 66.2 Å². The highest BCUT2D eigenvalue weighted by Gasteiger charge is 2.08. The van der Waals surface area contributed by atoms with E-state index >= 15 is 0 Å². The van der Waals surface area contributed by atoms with E-state index in [0.717, 1.165) is 19.3 Å². The van der Waals surface area contributed by atoms with Gasteiger partial charge < -0.3 is 5.32 Å². The molecular weight excluding hydrogens is 293 g/mol. The summed E-state index contributed by atoms with van der Waals surface area (Å²) in [5, 5.41) is 2.34. The lowest BCUT2D eigenvalue weighted by Gasteiger charge is -2.07. The van der Waals surface area contributed by atoms with Crippen LogP contribution in [0, 0.1) is 11.7 Å². The van der Waals surface area contributed by atoms with Gasteiger partial charge in [0, 0.05) is 12.3 Å². The number of benzene rings is 1. The molecule has 0 aliphatic rings. The van der Waals surface area contributed by atoms with E-state index in [9.17, 15) is 14.0 Å². The number of nitrogens with one attached hydrogen (secondary N) is 1. The number of carbonyl (C=O) groups is 2. The Bertz CT molecular complexity index is 472. The number of hydrogen-bond donors (Lipinski definition) is 1. The summed E-state index contributed by atoms with van der Waals surface area (Å²) in [7, 11) is 0. The largest absolute Gasteiger partial charge is 0.326 e. The molecule has 1 aromatic carbocycles. The summed E-state index contributed by atoms with van der Waals surface area (Å²) in [4.78, 5) is 21.8. The monoisotopic (exact) mass is 323 g/mol. The van der Waals surface area contributed by atoms with E-state index < -0.39 is 0 Å². The predicted octanol–water partition coefficient (Wildman–Crippen LogP) is 5.14. The first kappa shape index (κ1) is 21.3. The van der Waals surface area contributed by atoms with Crippen LogP contribution in [0.2, 0.25) is 0 Å². The highest BCUT2D eigenvalue weighted by Crippen LogP contribution is 2.19. The Morgan fingerprint density at radius 3 is 2.43 bits per heavy atom. The maximum Gasteiger partial charge on any atom is 0.211 e. The smallest absolute Gasteiger partial charge is 0.211 e. The fourth-order valence-electron chi connectivity index (χ4n) is 2.03. The van der Waals surface area contributed by atoms with Gasteiger partial charge in [-0.1, -0.05) is 52.7 Å². The van der Waals surface area contributed by atoms with Crippen LogP contribution in [0.4, 0.5) is 10.1 Å². The Labute approximate surface area is 139 Å². The van der Waals surface area contributed by atoms with Crippen molar-refractivity contribution in [3.8, 4) is 0 Å². The van der Waals surface area contributed by atoms with Gasteiger partial charge in [-0.2, -0.15) is 0 Å². The van der Waals surface area contributed by atoms with Gasteiger partial charge in [-0.15, -0.1) is 0 Å². The minimum Gasteiger partial charge on any atom is -0.326 e. The third-order valence-electron chi connectivity index (χ3n) is 3.31. The Morgan fingerprint density at radius 1 is 1.22 bits per heavy atom. The molecule has 0 saturated heterocycles. The number of hydrogen-bond acceptors (Lipinski definition) is 2. The lowest BCUT2D eigenvalue weighted by atomic mass is 10.0. The number of ketones is 1. The fourth-order valence-corrected chi connectivity index (χ4v) is 2.03. The molecule has 0 unspecified atom stereocenters. The van der Waals surface area contributed by atoms with Crippen LogP contribution in [0.25, 0.3) is 0 Å². The van der Waals surface area contributed by atoms with Crippen LogP contribution < -0.4 is 5.32 Å². The van der Waals surface area contributed by atoms with Crippen molar-refractivity contribution < 1.29 is 14.0 Å². The number of unbranched alkanes of at least 4 members (excludes halogenated alkanes) is 2. The van der Waals surface area contributed by atoms with Crippen LogP contribution in [0.1, 0.15) is 65.4 Å².